The Bertz CT molecular complexity index is 590. The Labute approximate surface area is 124 Å². The summed E-state index contributed by atoms with van der Waals surface area (Å²) >= 11 is 0. The lowest BCUT2D eigenvalue weighted by molar-refractivity contribution is 0.0934. The standard InChI is InChI=1S/C16H21N3O2/c1-4-11(3)17-16(20)15-10-14(18-19-15)12-6-8-13(9-7-12)21-5-2/h6-11H,4-5H2,1-3H3,(H,17,20)(H,18,19)/t11-/m1/s1. The van der Waals surface area contributed by atoms with E-state index >= 15 is 0 Å². The maximum atomic E-state index is 12.0. The lowest BCUT2D eigenvalue weighted by Crippen LogP contribution is -2.32. The summed E-state index contributed by atoms with van der Waals surface area (Å²) in [5, 5.41) is 9.88. The number of hydrogen-bond donors (Lipinski definition) is 2. The maximum absolute atomic E-state index is 12.0. The molecule has 21 heavy (non-hydrogen) atoms. The van der Waals surface area contributed by atoms with Crippen LogP contribution in [0.25, 0.3) is 11.3 Å². The van der Waals surface area contributed by atoms with Crippen LogP contribution < -0.4 is 10.1 Å². The normalized spacial score (nSPS) is 12.0. The number of carbonyl (C=O) groups is 1. The van der Waals surface area contributed by atoms with Crippen molar-refractivity contribution in [2.45, 2.75) is 33.2 Å². The predicted molar refractivity (Wildman–Crippen MR) is 82.4 cm³/mol. The Kier molecular flexibility index (Phi) is 4.98. The van der Waals surface area contributed by atoms with E-state index in [0.29, 0.717) is 12.3 Å². The molecule has 0 radical (unpaired) electrons. The Morgan fingerprint density at radius 2 is 2.05 bits per heavy atom. The first-order valence-electron chi connectivity index (χ1n) is 7.23. The number of hydrogen-bond acceptors (Lipinski definition) is 3. The van der Waals surface area contributed by atoms with Gasteiger partial charge in [0.1, 0.15) is 11.4 Å². The number of aromatic nitrogens is 2. The molecule has 0 unspecified atom stereocenters. The molecular weight excluding hydrogens is 266 g/mol. The number of carbonyl (C=O) groups excluding carboxylic acids is 1. The van der Waals surface area contributed by atoms with Crippen LogP contribution in [0.15, 0.2) is 30.3 Å². The summed E-state index contributed by atoms with van der Waals surface area (Å²) in [6, 6.07) is 9.55. The summed E-state index contributed by atoms with van der Waals surface area (Å²) in [5.41, 5.74) is 2.16. The zero-order chi connectivity index (χ0) is 15.2. The van der Waals surface area contributed by atoms with E-state index in [1.54, 1.807) is 6.07 Å². The molecule has 0 saturated heterocycles. The van der Waals surface area contributed by atoms with Crippen molar-refractivity contribution in [1.82, 2.24) is 15.5 Å². The Morgan fingerprint density at radius 1 is 1.33 bits per heavy atom. The SMILES string of the molecule is CCOc1ccc(-c2cc(C(=O)N[C@H](C)CC)[nH]n2)cc1. The quantitative estimate of drug-likeness (QED) is 0.858. The van der Waals surface area contributed by atoms with Crippen molar-refractivity contribution < 1.29 is 9.53 Å². The molecule has 5 heteroatoms. The van der Waals surface area contributed by atoms with E-state index in [0.717, 1.165) is 23.4 Å². The van der Waals surface area contributed by atoms with Gasteiger partial charge in [0.25, 0.3) is 5.91 Å². The number of rotatable bonds is 6. The predicted octanol–water partition coefficient (Wildman–Crippen LogP) is 3.00. The molecule has 1 aromatic carbocycles. The van der Waals surface area contributed by atoms with Crippen molar-refractivity contribution in [3.05, 3.63) is 36.0 Å². The van der Waals surface area contributed by atoms with Crippen LogP contribution in [0.5, 0.6) is 5.75 Å². The van der Waals surface area contributed by atoms with Gasteiger partial charge < -0.3 is 10.1 Å². The molecule has 1 aromatic heterocycles. The van der Waals surface area contributed by atoms with Gasteiger partial charge in [-0.25, -0.2) is 0 Å². The Hall–Kier alpha value is -2.30. The van der Waals surface area contributed by atoms with Gasteiger partial charge in [-0.1, -0.05) is 6.92 Å². The van der Waals surface area contributed by atoms with E-state index < -0.39 is 0 Å². The van der Waals surface area contributed by atoms with E-state index in [2.05, 4.69) is 15.5 Å². The monoisotopic (exact) mass is 287 g/mol. The number of benzene rings is 1. The van der Waals surface area contributed by atoms with Crippen LogP contribution in [0.1, 0.15) is 37.7 Å². The number of aromatic amines is 1. The zero-order valence-corrected chi connectivity index (χ0v) is 12.6. The molecule has 0 aliphatic heterocycles. The Morgan fingerprint density at radius 3 is 2.67 bits per heavy atom. The van der Waals surface area contributed by atoms with Crippen LogP contribution in [0.3, 0.4) is 0 Å². The average Bonchev–Trinajstić information content (AvgIpc) is 2.98. The number of ether oxygens (including phenoxy) is 1. The minimum absolute atomic E-state index is 0.131. The third kappa shape index (κ3) is 3.84. The number of nitrogens with zero attached hydrogens (tertiary/aromatic N) is 1. The van der Waals surface area contributed by atoms with E-state index in [4.69, 9.17) is 4.74 Å². The van der Waals surface area contributed by atoms with Crippen molar-refractivity contribution in [2.24, 2.45) is 0 Å². The van der Waals surface area contributed by atoms with Gasteiger partial charge in [-0.2, -0.15) is 5.10 Å². The molecule has 1 atom stereocenters. The molecule has 0 saturated carbocycles. The lowest BCUT2D eigenvalue weighted by atomic mass is 10.1. The van der Waals surface area contributed by atoms with Gasteiger partial charge in [-0.15, -0.1) is 0 Å². The number of amides is 1. The summed E-state index contributed by atoms with van der Waals surface area (Å²) in [6.07, 6.45) is 0.894. The van der Waals surface area contributed by atoms with Crippen molar-refractivity contribution in [1.29, 1.82) is 0 Å². The van der Waals surface area contributed by atoms with Crippen molar-refractivity contribution in [2.75, 3.05) is 6.61 Å². The first kappa shape index (κ1) is 15.1. The second-order valence-electron chi connectivity index (χ2n) is 4.91. The van der Waals surface area contributed by atoms with Crippen LogP contribution >= 0.6 is 0 Å². The molecule has 0 aliphatic rings. The molecule has 1 amide bonds. The molecule has 0 spiro atoms. The van der Waals surface area contributed by atoms with Crippen LogP contribution in [-0.4, -0.2) is 28.8 Å². The average molecular weight is 287 g/mol. The highest BCUT2D eigenvalue weighted by Gasteiger charge is 2.12. The van der Waals surface area contributed by atoms with Gasteiger partial charge in [0, 0.05) is 11.6 Å². The van der Waals surface area contributed by atoms with Crippen molar-refractivity contribution in [3.8, 4) is 17.0 Å². The fourth-order valence-corrected chi connectivity index (χ4v) is 1.88. The van der Waals surface area contributed by atoms with Crippen LogP contribution in [0.2, 0.25) is 0 Å². The molecular formula is C16H21N3O2. The third-order valence-electron chi connectivity index (χ3n) is 3.27. The molecule has 2 rings (SSSR count). The molecule has 0 fully saturated rings. The molecule has 0 aliphatic carbocycles. The molecule has 2 aromatic rings. The van der Waals surface area contributed by atoms with E-state index in [9.17, 15) is 4.79 Å². The zero-order valence-electron chi connectivity index (χ0n) is 12.6. The van der Waals surface area contributed by atoms with Gasteiger partial charge in [-0.3, -0.25) is 9.89 Å². The van der Waals surface area contributed by atoms with Crippen molar-refractivity contribution >= 4 is 5.91 Å². The second kappa shape index (κ2) is 6.92. The molecule has 5 nitrogen and oxygen atoms in total. The first-order valence-corrected chi connectivity index (χ1v) is 7.23. The van der Waals surface area contributed by atoms with Gasteiger partial charge in [-0.05, 0) is 50.6 Å². The largest absolute Gasteiger partial charge is 0.494 e. The summed E-state index contributed by atoms with van der Waals surface area (Å²) < 4.78 is 5.40. The second-order valence-corrected chi connectivity index (χ2v) is 4.91. The van der Waals surface area contributed by atoms with Crippen molar-refractivity contribution in [3.63, 3.8) is 0 Å². The van der Waals surface area contributed by atoms with Crippen LogP contribution in [-0.2, 0) is 0 Å². The third-order valence-corrected chi connectivity index (χ3v) is 3.27. The summed E-state index contributed by atoms with van der Waals surface area (Å²) in [4.78, 5) is 12.0. The fourth-order valence-electron chi connectivity index (χ4n) is 1.88. The van der Waals surface area contributed by atoms with Crippen LogP contribution in [0, 0.1) is 0 Å². The lowest BCUT2D eigenvalue weighted by Gasteiger charge is -2.09. The van der Waals surface area contributed by atoms with Gasteiger partial charge in [0.05, 0.1) is 12.3 Å². The summed E-state index contributed by atoms with van der Waals surface area (Å²) in [6.45, 7) is 6.59. The minimum atomic E-state index is -0.131. The summed E-state index contributed by atoms with van der Waals surface area (Å²) in [7, 11) is 0. The fraction of sp³-hybridized carbons (Fsp3) is 0.375. The number of H-pyrrole nitrogens is 1. The van der Waals surface area contributed by atoms with E-state index in [1.807, 2.05) is 45.0 Å². The highest BCUT2D eigenvalue weighted by atomic mass is 16.5. The molecule has 112 valence electrons. The topological polar surface area (TPSA) is 67.0 Å². The molecule has 1 heterocycles. The van der Waals surface area contributed by atoms with E-state index in [-0.39, 0.29) is 11.9 Å². The number of nitrogens with one attached hydrogen (secondary N) is 2. The smallest absolute Gasteiger partial charge is 0.269 e. The minimum Gasteiger partial charge on any atom is -0.494 e. The van der Waals surface area contributed by atoms with Gasteiger partial charge in [0.2, 0.25) is 0 Å². The maximum Gasteiger partial charge on any atom is 0.269 e. The first-order chi connectivity index (χ1) is 10.1. The van der Waals surface area contributed by atoms with Gasteiger partial charge in [0.15, 0.2) is 0 Å². The molecule has 2 N–H and O–H groups in total. The molecule has 0 bridgehead atoms. The van der Waals surface area contributed by atoms with Crippen LogP contribution in [0.4, 0.5) is 0 Å². The van der Waals surface area contributed by atoms with Gasteiger partial charge >= 0.3 is 0 Å². The highest BCUT2D eigenvalue weighted by molar-refractivity contribution is 5.93. The Balaban J connectivity index is 2.10. The van der Waals surface area contributed by atoms with E-state index in [1.165, 1.54) is 0 Å². The summed E-state index contributed by atoms with van der Waals surface area (Å²) in [5.74, 6) is 0.695. The highest BCUT2D eigenvalue weighted by Crippen LogP contribution is 2.21.